The molecule has 0 unspecified atom stereocenters. The number of hydrogen-bond donors (Lipinski definition) is 2. The van der Waals surface area contributed by atoms with Crippen LogP contribution in [0.2, 0.25) is 0 Å². The number of aromatic amines is 1. The Morgan fingerprint density at radius 1 is 1.10 bits per heavy atom. The number of nitrogens with one attached hydrogen (secondary N) is 1. The summed E-state index contributed by atoms with van der Waals surface area (Å²) in [7, 11) is 0. The van der Waals surface area contributed by atoms with E-state index in [1.807, 2.05) is 24.3 Å². The number of nitrogens with zero attached hydrogens (tertiary/aromatic N) is 2. The second-order valence-corrected chi connectivity index (χ2v) is 7.39. The number of aromatic hydroxyl groups is 1. The van der Waals surface area contributed by atoms with Crippen LogP contribution in [0.5, 0.6) is 5.75 Å². The van der Waals surface area contributed by atoms with Crippen LogP contribution in [0, 0.1) is 0 Å². The predicted octanol–water partition coefficient (Wildman–Crippen LogP) is 4.68. The van der Waals surface area contributed by atoms with Crippen LogP contribution in [0.1, 0.15) is 45.9 Å². The Balaban J connectivity index is 1.66. The maximum Gasteiger partial charge on any atom is 0.273 e. The molecule has 5 rings (SSSR count). The first-order valence-electron chi connectivity index (χ1n) is 9.96. The Morgan fingerprint density at radius 2 is 1.90 bits per heavy atom. The molecule has 0 saturated heterocycles. The summed E-state index contributed by atoms with van der Waals surface area (Å²) in [5, 5.41) is 17.7. The highest BCUT2D eigenvalue weighted by atomic mass is 16.3. The lowest BCUT2D eigenvalue weighted by Crippen LogP contribution is -2.29. The molecule has 1 aliphatic rings. The standard InChI is InChI=1S/C24H21N3O3/c1-2-15-9-11-16(12-10-15)23-20-21(18-7-3-4-8-19(18)28)25-26-22(20)24(29)27(23)14-17-6-5-13-30-17/h3-13,23,28H,2,14H2,1H3,(H,25,26)/t23-/m0/s1. The van der Waals surface area contributed by atoms with Crippen molar-refractivity contribution >= 4 is 5.91 Å². The summed E-state index contributed by atoms with van der Waals surface area (Å²) in [5.41, 5.74) is 4.63. The number of furan rings is 1. The van der Waals surface area contributed by atoms with E-state index in [9.17, 15) is 9.90 Å². The van der Waals surface area contributed by atoms with Gasteiger partial charge in [0.05, 0.1) is 18.8 Å². The molecule has 6 nitrogen and oxygen atoms in total. The van der Waals surface area contributed by atoms with E-state index in [4.69, 9.17) is 4.42 Å². The Bertz CT molecular complexity index is 1190. The lowest BCUT2D eigenvalue weighted by molar-refractivity contribution is 0.0717. The molecule has 0 spiro atoms. The zero-order valence-electron chi connectivity index (χ0n) is 16.5. The number of phenols is 1. The number of benzene rings is 2. The Labute approximate surface area is 173 Å². The number of fused-ring (bicyclic) bond motifs is 1. The first kappa shape index (κ1) is 18.2. The molecule has 0 saturated carbocycles. The van der Waals surface area contributed by atoms with Crippen molar-refractivity contribution in [3.8, 4) is 17.0 Å². The highest BCUT2D eigenvalue weighted by Crippen LogP contribution is 2.45. The van der Waals surface area contributed by atoms with Crippen molar-refractivity contribution in [3.63, 3.8) is 0 Å². The zero-order chi connectivity index (χ0) is 20.7. The summed E-state index contributed by atoms with van der Waals surface area (Å²) in [6, 6.07) is 18.7. The van der Waals surface area contributed by atoms with Gasteiger partial charge in [-0.25, -0.2) is 0 Å². The third-order valence-electron chi connectivity index (χ3n) is 5.63. The summed E-state index contributed by atoms with van der Waals surface area (Å²) in [4.78, 5) is 15.1. The van der Waals surface area contributed by atoms with Crippen molar-refractivity contribution in [2.24, 2.45) is 0 Å². The molecule has 6 heteroatoms. The molecule has 2 N–H and O–H groups in total. The van der Waals surface area contributed by atoms with Gasteiger partial charge >= 0.3 is 0 Å². The molecule has 1 aliphatic heterocycles. The minimum Gasteiger partial charge on any atom is -0.507 e. The van der Waals surface area contributed by atoms with E-state index in [1.54, 1.807) is 23.3 Å². The molecule has 150 valence electrons. The largest absolute Gasteiger partial charge is 0.507 e. The van der Waals surface area contributed by atoms with E-state index in [0.717, 1.165) is 17.5 Å². The molecular formula is C24H21N3O3. The van der Waals surface area contributed by atoms with E-state index in [-0.39, 0.29) is 17.7 Å². The van der Waals surface area contributed by atoms with Gasteiger partial charge in [0.1, 0.15) is 22.9 Å². The molecule has 1 amide bonds. The number of aromatic nitrogens is 2. The normalized spacial score (nSPS) is 15.6. The average molecular weight is 399 g/mol. The molecule has 2 aromatic carbocycles. The quantitative estimate of drug-likeness (QED) is 0.510. The lowest BCUT2D eigenvalue weighted by Gasteiger charge is -2.25. The topological polar surface area (TPSA) is 82.4 Å². The van der Waals surface area contributed by atoms with Crippen molar-refractivity contribution in [1.82, 2.24) is 15.1 Å². The molecule has 0 aliphatic carbocycles. The third kappa shape index (κ3) is 2.88. The van der Waals surface area contributed by atoms with E-state index >= 15 is 0 Å². The average Bonchev–Trinajstić information content (AvgIpc) is 3.49. The van der Waals surface area contributed by atoms with E-state index in [1.165, 1.54) is 5.56 Å². The molecule has 3 heterocycles. The highest BCUT2D eigenvalue weighted by molar-refractivity contribution is 6.00. The second-order valence-electron chi connectivity index (χ2n) is 7.39. The van der Waals surface area contributed by atoms with Crippen LogP contribution in [-0.4, -0.2) is 26.1 Å². The number of carbonyl (C=O) groups is 1. The van der Waals surface area contributed by atoms with Gasteiger partial charge in [0.2, 0.25) is 0 Å². The van der Waals surface area contributed by atoms with Crippen LogP contribution in [-0.2, 0) is 13.0 Å². The van der Waals surface area contributed by atoms with Crippen molar-refractivity contribution in [2.75, 3.05) is 0 Å². The van der Waals surface area contributed by atoms with Crippen LogP contribution in [0.15, 0.2) is 71.3 Å². The maximum atomic E-state index is 13.3. The van der Waals surface area contributed by atoms with Gasteiger partial charge in [-0.3, -0.25) is 9.89 Å². The van der Waals surface area contributed by atoms with Gasteiger partial charge in [-0.2, -0.15) is 5.10 Å². The Kier molecular flexibility index (Phi) is 4.39. The van der Waals surface area contributed by atoms with Crippen molar-refractivity contribution in [2.45, 2.75) is 25.9 Å². The van der Waals surface area contributed by atoms with Crippen LogP contribution < -0.4 is 0 Å². The van der Waals surface area contributed by atoms with Gasteiger partial charge in [0, 0.05) is 11.1 Å². The number of hydrogen-bond acceptors (Lipinski definition) is 4. The van der Waals surface area contributed by atoms with E-state index in [2.05, 4.69) is 41.4 Å². The van der Waals surface area contributed by atoms with Crippen LogP contribution in [0.25, 0.3) is 11.3 Å². The third-order valence-corrected chi connectivity index (χ3v) is 5.63. The van der Waals surface area contributed by atoms with Crippen LogP contribution >= 0.6 is 0 Å². The minimum atomic E-state index is -0.336. The lowest BCUT2D eigenvalue weighted by atomic mass is 9.95. The summed E-state index contributed by atoms with van der Waals surface area (Å²) >= 11 is 0. The van der Waals surface area contributed by atoms with E-state index in [0.29, 0.717) is 29.3 Å². The fourth-order valence-corrected chi connectivity index (χ4v) is 4.09. The van der Waals surface area contributed by atoms with Gasteiger partial charge in [-0.1, -0.05) is 43.3 Å². The number of aryl methyl sites for hydroxylation is 1. The van der Waals surface area contributed by atoms with Crippen LogP contribution in [0.3, 0.4) is 0 Å². The summed E-state index contributed by atoms with van der Waals surface area (Å²) in [6.07, 6.45) is 2.55. The maximum absolute atomic E-state index is 13.3. The summed E-state index contributed by atoms with van der Waals surface area (Å²) in [5.74, 6) is 0.699. The van der Waals surface area contributed by atoms with Gasteiger partial charge in [0.15, 0.2) is 0 Å². The minimum absolute atomic E-state index is 0.129. The van der Waals surface area contributed by atoms with E-state index < -0.39 is 0 Å². The molecule has 1 atom stereocenters. The SMILES string of the molecule is CCc1ccc([C@H]2c3c(-c4ccccc4O)n[nH]c3C(=O)N2Cc2ccco2)cc1. The van der Waals surface area contributed by atoms with Crippen molar-refractivity contribution in [1.29, 1.82) is 0 Å². The van der Waals surface area contributed by atoms with Crippen molar-refractivity contribution < 1.29 is 14.3 Å². The molecule has 0 radical (unpaired) electrons. The molecule has 30 heavy (non-hydrogen) atoms. The monoisotopic (exact) mass is 399 g/mol. The first-order valence-corrected chi connectivity index (χ1v) is 9.96. The van der Waals surface area contributed by atoms with Gasteiger partial charge in [-0.15, -0.1) is 0 Å². The van der Waals surface area contributed by atoms with Gasteiger partial charge < -0.3 is 14.4 Å². The number of para-hydroxylation sites is 1. The Hall–Kier alpha value is -3.80. The number of phenolic OH excluding ortho intramolecular Hbond substituents is 1. The fourth-order valence-electron chi connectivity index (χ4n) is 4.09. The number of amides is 1. The zero-order valence-corrected chi connectivity index (χ0v) is 16.5. The van der Waals surface area contributed by atoms with Gasteiger partial charge in [-0.05, 0) is 41.8 Å². The highest BCUT2D eigenvalue weighted by Gasteiger charge is 2.42. The van der Waals surface area contributed by atoms with Gasteiger partial charge in [0.25, 0.3) is 5.91 Å². The fraction of sp³-hybridized carbons (Fsp3) is 0.167. The molecule has 4 aromatic rings. The van der Waals surface area contributed by atoms with Crippen LogP contribution in [0.4, 0.5) is 0 Å². The molecule has 0 bridgehead atoms. The summed E-state index contributed by atoms with van der Waals surface area (Å²) in [6.45, 7) is 2.45. The smallest absolute Gasteiger partial charge is 0.273 e. The first-order chi connectivity index (χ1) is 14.7. The number of H-pyrrole nitrogens is 1. The molecule has 2 aromatic heterocycles. The number of rotatable bonds is 5. The summed E-state index contributed by atoms with van der Waals surface area (Å²) < 4.78 is 5.51. The number of carbonyl (C=O) groups excluding carboxylic acids is 1. The second kappa shape index (κ2) is 7.22. The molecule has 0 fully saturated rings. The van der Waals surface area contributed by atoms with Crippen molar-refractivity contribution in [3.05, 3.63) is 95.1 Å². The molecular weight excluding hydrogens is 378 g/mol. The predicted molar refractivity (Wildman–Crippen MR) is 112 cm³/mol. The Morgan fingerprint density at radius 3 is 2.60 bits per heavy atom.